The van der Waals surface area contributed by atoms with Crippen LogP contribution in [0.4, 0.5) is 22.8 Å². The van der Waals surface area contributed by atoms with Gasteiger partial charge in [-0.15, -0.1) is 0 Å². The Morgan fingerprint density at radius 1 is 1.05 bits per heavy atom. The molecule has 0 aliphatic carbocycles. The van der Waals surface area contributed by atoms with Crippen molar-refractivity contribution in [2.45, 2.75) is 30.8 Å². The van der Waals surface area contributed by atoms with Crippen LogP contribution in [0.5, 0.6) is 0 Å². The SMILES string of the molecule is CN(C(=O)N1CC(c2cc(F)ccc2F)=C[C@@]1(CO)c1ccccc1)[C@H]1CCN(C(=O)OCc2ccccc2)C[C@H]1F. The molecule has 0 bridgehead atoms. The van der Waals surface area contributed by atoms with E-state index in [0.717, 1.165) is 23.8 Å². The molecular weight excluding hydrogens is 547 g/mol. The summed E-state index contributed by atoms with van der Waals surface area (Å²) >= 11 is 0. The number of aliphatic hydroxyl groups excluding tert-OH is 1. The second-order valence-corrected chi connectivity index (χ2v) is 10.6. The van der Waals surface area contributed by atoms with Gasteiger partial charge in [0.15, 0.2) is 0 Å². The molecule has 0 unspecified atom stereocenters. The van der Waals surface area contributed by atoms with E-state index in [1.165, 1.54) is 21.7 Å². The highest BCUT2D eigenvalue weighted by Gasteiger charge is 2.47. The molecule has 3 aromatic rings. The minimum Gasteiger partial charge on any atom is -0.445 e. The van der Waals surface area contributed by atoms with Crippen LogP contribution in [0.1, 0.15) is 23.1 Å². The van der Waals surface area contributed by atoms with E-state index in [-0.39, 0.29) is 38.2 Å². The summed E-state index contributed by atoms with van der Waals surface area (Å²) in [7, 11) is 1.47. The van der Waals surface area contributed by atoms with E-state index in [0.29, 0.717) is 11.1 Å². The first kappa shape index (κ1) is 29.2. The smallest absolute Gasteiger partial charge is 0.410 e. The van der Waals surface area contributed by atoms with Crippen LogP contribution in [0.3, 0.4) is 0 Å². The van der Waals surface area contributed by atoms with Gasteiger partial charge < -0.3 is 24.5 Å². The van der Waals surface area contributed by atoms with Gasteiger partial charge in [0.1, 0.15) is 30.0 Å². The van der Waals surface area contributed by atoms with Gasteiger partial charge in [0, 0.05) is 25.7 Å². The highest BCUT2D eigenvalue weighted by atomic mass is 19.1. The summed E-state index contributed by atoms with van der Waals surface area (Å²) in [4.78, 5) is 30.5. The lowest BCUT2D eigenvalue weighted by Gasteiger charge is -2.43. The molecule has 3 aromatic carbocycles. The fourth-order valence-electron chi connectivity index (χ4n) is 5.69. The summed E-state index contributed by atoms with van der Waals surface area (Å²) in [6, 6.07) is 19.5. The van der Waals surface area contributed by atoms with Crippen molar-refractivity contribution in [3.05, 3.63) is 113 Å². The molecule has 1 N–H and O–H groups in total. The minimum absolute atomic E-state index is 0.0209. The highest BCUT2D eigenvalue weighted by molar-refractivity contribution is 5.84. The predicted octanol–water partition coefficient (Wildman–Crippen LogP) is 5.35. The van der Waals surface area contributed by atoms with Gasteiger partial charge in [-0.2, -0.15) is 0 Å². The van der Waals surface area contributed by atoms with Crippen LogP contribution in [0, 0.1) is 11.6 Å². The zero-order valence-corrected chi connectivity index (χ0v) is 23.1. The summed E-state index contributed by atoms with van der Waals surface area (Å²) in [5, 5.41) is 10.7. The molecule has 0 aromatic heterocycles. The number of piperidine rings is 1. The molecule has 3 amide bonds. The molecule has 0 saturated carbocycles. The van der Waals surface area contributed by atoms with E-state index < -0.39 is 48.1 Å². The summed E-state index contributed by atoms with van der Waals surface area (Å²) in [6.07, 6.45) is -0.464. The van der Waals surface area contributed by atoms with Crippen LogP contribution in [0.15, 0.2) is 84.9 Å². The monoisotopic (exact) mass is 579 g/mol. The summed E-state index contributed by atoms with van der Waals surface area (Å²) in [5.74, 6) is -1.31. The number of nitrogens with zero attached hydrogens (tertiary/aromatic N) is 3. The highest BCUT2D eigenvalue weighted by Crippen LogP contribution is 2.41. The summed E-state index contributed by atoms with van der Waals surface area (Å²) in [6.45, 7) is -0.688. The number of likely N-dealkylation sites (tertiary alicyclic amines) is 1. The standard InChI is InChI=1S/C32H32F3N3O4/c1-36(29-14-15-37(19-28(29)35)31(41)42-20-22-8-4-2-5-9-22)30(40)38-18-23(26-16-25(33)12-13-27(26)34)17-32(38,21-39)24-10-6-3-7-11-24/h2-13,16-17,28-29,39H,14-15,18-21H2,1H3/t28-,29+,32-/m1/s1. The van der Waals surface area contributed by atoms with Crippen molar-refractivity contribution >= 4 is 17.7 Å². The number of benzene rings is 3. The van der Waals surface area contributed by atoms with E-state index in [4.69, 9.17) is 4.74 Å². The van der Waals surface area contributed by atoms with Gasteiger partial charge in [0.2, 0.25) is 0 Å². The van der Waals surface area contributed by atoms with Crippen molar-refractivity contribution in [3.63, 3.8) is 0 Å². The lowest BCUT2D eigenvalue weighted by Crippen LogP contribution is -2.59. The Bertz CT molecular complexity index is 1460. The third-order valence-corrected chi connectivity index (χ3v) is 8.01. The van der Waals surface area contributed by atoms with Gasteiger partial charge in [-0.25, -0.2) is 22.8 Å². The number of carbonyl (C=O) groups excluding carboxylic acids is 2. The number of urea groups is 1. The Morgan fingerprint density at radius 2 is 1.74 bits per heavy atom. The maximum Gasteiger partial charge on any atom is 0.410 e. The molecule has 3 atom stereocenters. The number of hydrogen-bond donors (Lipinski definition) is 1. The number of carbonyl (C=O) groups is 2. The Kier molecular flexibility index (Phi) is 8.54. The van der Waals surface area contributed by atoms with Gasteiger partial charge in [-0.3, -0.25) is 0 Å². The van der Waals surface area contributed by atoms with Crippen molar-refractivity contribution in [1.82, 2.24) is 14.7 Å². The quantitative estimate of drug-likeness (QED) is 0.427. The molecule has 2 aliphatic heterocycles. The lowest BCUT2D eigenvalue weighted by molar-refractivity contribution is 0.0276. The van der Waals surface area contributed by atoms with E-state index >= 15 is 4.39 Å². The van der Waals surface area contributed by atoms with E-state index in [2.05, 4.69) is 0 Å². The van der Waals surface area contributed by atoms with Gasteiger partial charge >= 0.3 is 12.1 Å². The minimum atomic E-state index is -1.56. The fraction of sp³-hybridized carbons (Fsp3) is 0.312. The maximum absolute atomic E-state index is 15.5. The normalized spacial score (nSPS) is 22.1. The van der Waals surface area contributed by atoms with Crippen molar-refractivity contribution in [3.8, 4) is 0 Å². The third kappa shape index (κ3) is 5.72. The van der Waals surface area contributed by atoms with Crippen LogP contribution in [-0.2, 0) is 16.9 Å². The Balaban J connectivity index is 1.34. The molecule has 1 saturated heterocycles. The largest absolute Gasteiger partial charge is 0.445 e. The molecule has 0 spiro atoms. The number of halogens is 3. The van der Waals surface area contributed by atoms with E-state index in [1.807, 2.05) is 30.3 Å². The molecule has 0 radical (unpaired) electrons. The molecule has 5 rings (SSSR count). The van der Waals surface area contributed by atoms with Crippen LogP contribution in [-0.4, -0.2) is 77.4 Å². The van der Waals surface area contributed by atoms with Crippen LogP contribution in [0.25, 0.3) is 5.57 Å². The average Bonchev–Trinajstić information content (AvgIpc) is 3.42. The lowest BCUT2D eigenvalue weighted by atomic mass is 9.89. The molecule has 1 fully saturated rings. The van der Waals surface area contributed by atoms with Gasteiger partial charge in [-0.1, -0.05) is 60.7 Å². The van der Waals surface area contributed by atoms with Gasteiger partial charge in [0.25, 0.3) is 0 Å². The summed E-state index contributed by atoms with van der Waals surface area (Å²) in [5.41, 5.74) is 0.278. The number of rotatable bonds is 6. The third-order valence-electron chi connectivity index (χ3n) is 8.01. The van der Waals surface area contributed by atoms with Crippen molar-refractivity contribution in [1.29, 1.82) is 0 Å². The zero-order chi connectivity index (χ0) is 29.9. The number of aliphatic hydroxyl groups is 1. The molecule has 2 aliphatic rings. The first-order valence-electron chi connectivity index (χ1n) is 13.7. The van der Waals surface area contributed by atoms with Crippen LogP contribution >= 0.6 is 0 Å². The van der Waals surface area contributed by atoms with E-state index in [1.54, 1.807) is 36.4 Å². The predicted molar refractivity (Wildman–Crippen MR) is 151 cm³/mol. The second kappa shape index (κ2) is 12.3. The molecule has 42 heavy (non-hydrogen) atoms. The molecule has 7 nitrogen and oxygen atoms in total. The van der Waals surface area contributed by atoms with E-state index in [9.17, 15) is 23.5 Å². The molecule has 220 valence electrons. The number of alkyl halides is 1. The van der Waals surface area contributed by atoms with Gasteiger partial charge in [-0.05, 0) is 47.4 Å². The summed E-state index contributed by atoms with van der Waals surface area (Å²) < 4.78 is 49.7. The maximum atomic E-state index is 15.5. The second-order valence-electron chi connectivity index (χ2n) is 10.6. The zero-order valence-electron chi connectivity index (χ0n) is 23.1. The fourth-order valence-corrected chi connectivity index (χ4v) is 5.69. The van der Waals surface area contributed by atoms with Crippen LogP contribution in [0.2, 0.25) is 0 Å². The van der Waals surface area contributed by atoms with Crippen molar-refractivity contribution in [2.75, 3.05) is 33.3 Å². The van der Waals surface area contributed by atoms with Crippen molar-refractivity contribution in [2.24, 2.45) is 0 Å². The van der Waals surface area contributed by atoms with Crippen molar-refractivity contribution < 1.29 is 32.6 Å². The number of hydrogen-bond acceptors (Lipinski definition) is 4. The average molecular weight is 580 g/mol. The molecular formula is C32H32F3N3O4. The first-order valence-corrected chi connectivity index (χ1v) is 13.7. The first-order chi connectivity index (χ1) is 20.2. The van der Waals surface area contributed by atoms with Gasteiger partial charge in [0.05, 0.1) is 19.2 Å². The Morgan fingerprint density at radius 3 is 2.40 bits per heavy atom. The number of ether oxygens (including phenoxy) is 1. The molecule has 10 heteroatoms. The van der Waals surface area contributed by atoms with Crippen LogP contribution < -0.4 is 0 Å². The Labute approximate surface area is 242 Å². The Hall–Kier alpha value is -4.31. The molecule has 2 heterocycles. The topological polar surface area (TPSA) is 73.3 Å². The number of amides is 3.